The van der Waals surface area contributed by atoms with Crippen molar-refractivity contribution in [2.24, 2.45) is 0 Å². The third kappa shape index (κ3) is 3.27. The van der Waals surface area contributed by atoms with Gasteiger partial charge in [-0.3, -0.25) is 9.36 Å². The van der Waals surface area contributed by atoms with Gasteiger partial charge in [0, 0.05) is 30.9 Å². The lowest BCUT2D eigenvalue weighted by molar-refractivity contribution is 0.0703. The Hall–Kier alpha value is -3.19. The minimum atomic E-state index is 0.00394. The molecule has 146 valence electrons. The molecule has 0 radical (unpaired) electrons. The first-order valence-corrected chi connectivity index (χ1v) is 10.2. The van der Waals surface area contributed by atoms with Crippen LogP contribution in [0.25, 0.3) is 16.7 Å². The lowest BCUT2D eigenvalue weighted by atomic mass is 9.96. The standard InChI is InChI=1S/C22H21N5OS/c28-21(19-14-23-22(29)27(19)16-6-2-1-3-7-16)26-12-10-15(11-13-26)20-24-17-8-4-5-9-18(17)25-20/h1-9,14-15H,10-13H2,(H,23,29)(H,24,25). The number of nitrogens with zero attached hydrogens (tertiary/aromatic N) is 3. The molecule has 1 aliphatic heterocycles. The number of hydrogen-bond donors (Lipinski definition) is 2. The van der Waals surface area contributed by atoms with E-state index in [0.29, 0.717) is 29.5 Å². The number of piperidine rings is 1. The molecular weight excluding hydrogens is 382 g/mol. The van der Waals surface area contributed by atoms with Crippen molar-refractivity contribution in [1.29, 1.82) is 0 Å². The summed E-state index contributed by atoms with van der Waals surface area (Å²) in [6.45, 7) is 1.40. The van der Waals surface area contributed by atoms with Crippen LogP contribution in [0.1, 0.15) is 35.1 Å². The lowest BCUT2D eigenvalue weighted by Crippen LogP contribution is -2.38. The topological polar surface area (TPSA) is 69.7 Å². The van der Waals surface area contributed by atoms with E-state index >= 15 is 0 Å². The van der Waals surface area contributed by atoms with Crippen LogP contribution in [0.5, 0.6) is 0 Å². The van der Waals surface area contributed by atoms with Crippen molar-refractivity contribution in [1.82, 2.24) is 24.4 Å². The molecule has 0 bridgehead atoms. The second kappa shape index (κ2) is 7.33. The molecule has 1 fully saturated rings. The Morgan fingerprint density at radius 3 is 2.52 bits per heavy atom. The fraction of sp³-hybridized carbons (Fsp3) is 0.227. The molecule has 1 aliphatic rings. The molecule has 0 saturated carbocycles. The van der Waals surface area contributed by atoms with Gasteiger partial charge in [0.2, 0.25) is 0 Å². The molecule has 6 nitrogen and oxygen atoms in total. The van der Waals surface area contributed by atoms with Gasteiger partial charge in [-0.05, 0) is 49.3 Å². The van der Waals surface area contributed by atoms with Gasteiger partial charge in [-0.25, -0.2) is 4.98 Å². The molecule has 2 aromatic carbocycles. The smallest absolute Gasteiger partial charge is 0.272 e. The highest BCUT2D eigenvalue weighted by molar-refractivity contribution is 7.71. The molecule has 5 rings (SSSR count). The summed E-state index contributed by atoms with van der Waals surface area (Å²) in [5.74, 6) is 1.37. The average Bonchev–Trinajstić information content (AvgIpc) is 3.37. The van der Waals surface area contributed by atoms with E-state index in [2.05, 4.69) is 9.97 Å². The number of amides is 1. The summed E-state index contributed by atoms with van der Waals surface area (Å²) in [7, 11) is 0. The first-order chi connectivity index (χ1) is 14.2. The van der Waals surface area contributed by atoms with Crippen molar-refractivity contribution < 1.29 is 4.79 Å². The molecule has 2 N–H and O–H groups in total. The fourth-order valence-electron chi connectivity index (χ4n) is 4.04. The third-order valence-electron chi connectivity index (χ3n) is 5.59. The molecular formula is C22H21N5OS. The van der Waals surface area contributed by atoms with Crippen LogP contribution >= 0.6 is 12.2 Å². The number of imidazole rings is 2. The van der Waals surface area contributed by atoms with Crippen LogP contribution in [-0.2, 0) is 0 Å². The average molecular weight is 404 g/mol. The first kappa shape index (κ1) is 17.9. The zero-order valence-corrected chi connectivity index (χ0v) is 16.7. The second-order valence-corrected chi connectivity index (χ2v) is 7.74. The van der Waals surface area contributed by atoms with Crippen molar-refractivity contribution in [2.75, 3.05) is 13.1 Å². The number of benzene rings is 2. The van der Waals surface area contributed by atoms with Gasteiger partial charge in [-0.2, -0.15) is 0 Å². The Labute approximate surface area is 173 Å². The third-order valence-corrected chi connectivity index (χ3v) is 5.89. The number of rotatable bonds is 3. The minimum absolute atomic E-state index is 0.00394. The van der Waals surface area contributed by atoms with Crippen LogP contribution in [0.3, 0.4) is 0 Å². The fourth-order valence-corrected chi connectivity index (χ4v) is 4.31. The number of fused-ring (bicyclic) bond motifs is 1. The van der Waals surface area contributed by atoms with Crippen LogP contribution in [0.2, 0.25) is 0 Å². The summed E-state index contributed by atoms with van der Waals surface area (Å²) in [5.41, 5.74) is 3.52. The van der Waals surface area contributed by atoms with Crippen LogP contribution < -0.4 is 0 Å². The van der Waals surface area contributed by atoms with Gasteiger partial charge in [0.15, 0.2) is 4.77 Å². The molecule has 2 aromatic heterocycles. The van der Waals surface area contributed by atoms with Gasteiger partial charge in [0.1, 0.15) is 11.5 Å². The molecule has 0 unspecified atom stereocenters. The van der Waals surface area contributed by atoms with E-state index in [1.807, 2.05) is 64.1 Å². The van der Waals surface area contributed by atoms with E-state index in [4.69, 9.17) is 17.2 Å². The molecule has 29 heavy (non-hydrogen) atoms. The van der Waals surface area contributed by atoms with Crippen molar-refractivity contribution in [3.63, 3.8) is 0 Å². The van der Waals surface area contributed by atoms with E-state index < -0.39 is 0 Å². The second-order valence-electron chi connectivity index (χ2n) is 7.36. The van der Waals surface area contributed by atoms with E-state index in [9.17, 15) is 4.79 Å². The number of carbonyl (C=O) groups excluding carboxylic acids is 1. The van der Waals surface area contributed by atoms with Gasteiger partial charge < -0.3 is 14.9 Å². The minimum Gasteiger partial charge on any atom is -0.342 e. The van der Waals surface area contributed by atoms with Gasteiger partial charge in [0.25, 0.3) is 5.91 Å². The maximum absolute atomic E-state index is 13.2. The number of aromatic amines is 2. The molecule has 0 spiro atoms. The molecule has 0 aliphatic carbocycles. The van der Waals surface area contributed by atoms with Gasteiger partial charge in [0.05, 0.1) is 11.0 Å². The molecule has 0 atom stereocenters. The van der Waals surface area contributed by atoms with Gasteiger partial charge in [-0.1, -0.05) is 30.3 Å². The Morgan fingerprint density at radius 2 is 1.76 bits per heavy atom. The van der Waals surface area contributed by atoms with Crippen LogP contribution in [0.15, 0.2) is 60.8 Å². The van der Waals surface area contributed by atoms with Crippen LogP contribution in [-0.4, -0.2) is 43.4 Å². The summed E-state index contributed by atoms with van der Waals surface area (Å²) >= 11 is 5.41. The van der Waals surface area contributed by atoms with E-state index in [1.54, 1.807) is 6.20 Å². The number of hydrogen-bond acceptors (Lipinski definition) is 3. The maximum atomic E-state index is 13.2. The first-order valence-electron chi connectivity index (χ1n) is 9.80. The highest BCUT2D eigenvalue weighted by Crippen LogP contribution is 2.28. The quantitative estimate of drug-likeness (QED) is 0.497. The number of aromatic nitrogens is 4. The SMILES string of the molecule is O=C(c1c[nH]c(=S)n1-c1ccccc1)N1CCC(c2nc3ccccc3[nH]2)CC1. The summed E-state index contributed by atoms with van der Waals surface area (Å²) in [5, 5.41) is 0. The normalized spacial score (nSPS) is 15.1. The Bertz CT molecular complexity index is 1180. The van der Waals surface area contributed by atoms with Crippen LogP contribution in [0.4, 0.5) is 0 Å². The molecule has 1 amide bonds. The highest BCUT2D eigenvalue weighted by atomic mass is 32.1. The number of H-pyrrole nitrogens is 2. The molecule has 4 aromatic rings. The van der Waals surface area contributed by atoms with Crippen molar-refractivity contribution >= 4 is 29.2 Å². The zero-order chi connectivity index (χ0) is 19.8. The number of likely N-dealkylation sites (tertiary alicyclic amines) is 1. The Balaban J connectivity index is 1.34. The predicted octanol–water partition coefficient (Wildman–Crippen LogP) is 4.43. The molecule has 1 saturated heterocycles. The summed E-state index contributed by atoms with van der Waals surface area (Å²) in [6, 6.07) is 17.8. The lowest BCUT2D eigenvalue weighted by Gasteiger charge is -2.31. The van der Waals surface area contributed by atoms with Crippen molar-refractivity contribution in [2.45, 2.75) is 18.8 Å². The summed E-state index contributed by atoms with van der Waals surface area (Å²) in [6.07, 6.45) is 3.49. The summed E-state index contributed by atoms with van der Waals surface area (Å²) < 4.78 is 2.33. The predicted molar refractivity (Wildman–Crippen MR) is 115 cm³/mol. The van der Waals surface area contributed by atoms with Gasteiger partial charge >= 0.3 is 0 Å². The molecule has 3 heterocycles. The van der Waals surface area contributed by atoms with Gasteiger partial charge in [-0.15, -0.1) is 0 Å². The van der Waals surface area contributed by atoms with E-state index in [0.717, 1.165) is 35.4 Å². The Kier molecular flexibility index (Phi) is 4.52. The van der Waals surface area contributed by atoms with Crippen molar-refractivity contribution in [3.05, 3.63) is 77.1 Å². The monoisotopic (exact) mass is 403 g/mol. The zero-order valence-electron chi connectivity index (χ0n) is 15.8. The van der Waals surface area contributed by atoms with E-state index in [-0.39, 0.29) is 5.91 Å². The highest BCUT2D eigenvalue weighted by Gasteiger charge is 2.28. The summed E-state index contributed by atoms with van der Waals surface area (Å²) in [4.78, 5) is 26.3. The van der Waals surface area contributed by atoms with Crippen LogP contribution in [0, 0.1) is 4.77 Å². The number of carbonyl (C=O) groups is 1. The largest absolute Gasteiger partial charge is 0.342 e. The maximum Gasteiger partial charge on any atom is 0.272 e. The number of nitrogens with one attached hydrogen (secondary N) is 2. The van der Waals surface area contributed by atoms with Crippen molar-refractivity contribution in [3.8, 4) is 5.69 Å². The van der Waals surface area contributed by atoms with E-state index in [1.165, 1.54) is 0 Å². The number of para-hydroxylation sites is 3. The Morgan fingerprint density at radius 1 is 1.03 bits per heavy atom. The molecule has 7 heteroatoms.